The maximum absolute atomic E-state index is 14.2. The Hall–Kier alpha value is -3.07. The van der Waals surface area contributed by atoms with Crippen molar-refractivity contribution in [1.29, 1.82) is 0 Å². The van der Waals surface area contributed by atoms with E-state index < -0.39 is 28.5 Å². The highest BCUT2D eigenvalue weighted by Gasteiger charge is 2.34. The molecule has 0 aliphatic rings. The molecule has 0 aliphatic heterocycles. The van der Waals surface area contributed by atoms with Gasteiger partial charge in [0.15, 0.2) is 0 Å². The molecule has 0 fully saturated rings. The Balaban J connectivity index is 2.08. The molecule has 0 saturated heterocycles. The first kappa shape index (κ1) is 33.4. The van der Waals surface area contributed by atoms with Gasteiger partial charge in [-0.25, -0.2) is 8.42 Å². The highest BCUT2D eigenvalue weighted by molar-refractivity contribution is 7.92. The van der Waals surface area contributed by atoms with Crippen LogP contribution in [-0.4, -0.2) is 44.3 Å². The molecule has 3 rings (SSSR count). The number of halogens is 2. The Morgan fingerprint density at radius 2 is 1.60 bits per heavy atom. The first-order valence-electron chi connectivity index (χ1n) is 14.1. The van der Waals surface area contributed by atoms with Crippen molar-refractivity contribution in [3.63, 3.8) is 0 Å². The van der Waals surface area contributed by atoms with Crippen molar-refractivity contribution in [3.8, 4) is 0 Å². The summed E-state index contributed by atoms with van der Waals surface area (Å²) in [6.07, 6.45) is 2.03. The summed E-state index contributed by atoms with van der Waals surface area (Å²) in [7, 11) is -4.14. The minimum atomic E-state index is -4.14. The van der Waals surface area contributed by atoms with Gasteiger partial charge in [0.1, 0.15) is 12.6 Å². The average molecular weight is 633 g/mol. The van der Waals surface area contributed by atoms with Crippen molar-refractivity contribution in [2.24, 2.45) is 0 Å². The fourth-order valence-corrected chi connectivity index (χ4v) is 6.38. The van der Waals surface area contributed by atoms with Crippen molar-refractivity contribution in [2.45, 2.75) is 71.4 Å². The number of carbonyl (C=O) groups excluding carboxylic acids is 2. The lowest BCUT2D eigenvalue weighted by molar-refractivity contribution is -0.140. The number of unbranched alkanes of at least 4 members (excludes halogenated alkanes) is 1. The quantitative estimate of drug-likeness (QED) is 0.209. The lowest BCUT2D eigenvalue weighted by atomic mass is 10.1. The van der Waals surface area contributed by atoms with Gasteiger partial charge in [0, 0.05) is 23.1 Å². The largest absolute Gasteiger partial charge is 0.354 e. The monoisotopic (exact) mass is 631 g/mol. The zero-order valence-corrected chi connectivity index (χ0v) is 27.1. The molecule has 0 aliphatic carbocycles. The number of aryl methyl sites for hydroxylation is 3. The van der Waals surface area contributed by atoms with E-state index in [0.717, 1.165) is 33.8 Å². The molecule has 3 aromatic rings. The van der Waals surface area contributed by atoms with Crippen molar-refractivity contribution >= 4 is 50.7 Å². The molecule has 1 N–H and O–H groups in total. The van der Waals surface area contributed by atoms with Gasteiger partial charge in [-0.2, -0.15) is 0 Å². The Bertz CT molecular complexity index is 1510. The molecular weight excluding hydrogens is 593 g/mol. The van der Waals surface area contributed by atoms with Crippen LogP contribution in [0.3, 0.4) is 0 Å². The first-order chi connectivity index (χ1) is 19.9. The van der Waals surface area contributed by atoms with Gasteiger partial charge in [0.25, 0.3) is 10.0 Å². The topological polar surface area (TPSA) is 86.8 Å². The number of anilines is 1. The summed E-state index contributed by atoms with van der Waals surface area (Å²) in [4.78, 5) is 29.0. The second kappa shape index (κ2) is 14.9. The fourth-order valence-electron chi connectivity index (χ4n) is 4.51. The van der Waals surface area contributed by atoms with E-state index >= 15 is 0 Å². The third kappa shape index (κ3) is 8.27. The van der Waals surface area contributed by atoms with Crippen LogP contribution in [0.15, 0.2) is 65.6 Å². The zero-order chi connectivity index (χ0) is 31.0. The lowest BCUT2D eigenvalue weighted by Crippen LogP contribution is -2.52. The van der Waals surface area contributed by atoms with E-state index in [1.54, 1.807) is 42.5 Å². The second-order valence-corrected chi connectivity index (χ2v) is 13.1. The van der Waals surface area contributed by atoms with E-state index in [2.05, 4.69) is 5.32 Å². The summed E-state index contributed by atoms with van der Waals surface area (Å²) in [5, 5.41) is 3.71. The number of carbonyl (C=O) groups is 2. The molecule has 0 radical (unpaired) electrons. The summed E-state index contributed by atoms with van der Waals surface area (Å²) in [5.74, 6) is -0.837. The third-order valence-corrected chi connectivity index (χ3v) is 9.61. The minimum absolute atomic E-state index is 0.000114. The van der Waals surface area contributed by atoms with Crippen LogP contribution in [0.2, 0.25) is 10.0 Å². The van der Waals surface area contributed by atoms with E-state index in [9.17, 15) is 18.0 Å². The van der Waals surface area contributed by atoms with Crippen molar-refractivity contribution in [2.75, 3.05) is 17.4 Å². The Labute approximate surface area is 259 Å². The third-order valence-electron chi connectivity index (χ3n) is 7.24. The highest BCUT2D eigenvalue weighted by atomic mass is 35.5. The molecule has 0 spiro atoms. The zero-order valence-electron chi connectivity index (χ0n) is 24.8. The first-order valence-corrected chi connectivity index (χ1v) is 16.3. The molecule has 0 aromatic heterocycles. The second-order valence-electron chi connectivity index (χ2n) is 10.4. The Kier molecular flexibility index (Phi) is 11.9. The van der Waals surface area contributed by atoms with Gasteiger partial charge < -0.3 is 10.2 Å². The van der Waals surface area contributed by atoms with Gasteiger partial charge in [-0.1, -0.05) is 73.3 Å². The van der Waals surface area contributed by atoms with Gasteiger partial charge in [-0.05, 0) is 86.7 Å². The van der Waals surface area contributed by atoms with E-state index in [0.29, 0.717) is 34.3 Å². The van der Waals surface area contributed by atoms with Crippen LogP contribution in [0.25, 0.3) is 0 Å². The number of nitrogens with one attached hydrogen (secondary N) is 1. The number of benzene rings is 3. The van der Waals surface area contributed by atoms with Gasteiger partial charge in [-0.3, -0.25) is 13.9 Å². The fraction of sp³-hybridized carbons (Fsp3) is 0.375. The number of nitrogens with zero attached hydrogens (tertiary/aromatic N) is 2. The van der Waals surface area contributed by atoms with E-state index in [4.69, 9.17) is 23.2 Å². The van der Waals surface area contributed by atoms with E-state index in [-0.39, 0.29) is 17.3 Å². The van der Waals surface area contributed by atoms with Crippen molar-refractivity contribution in [1.82, 2.24) is 10.2 Å². The van der Waals surface area contributed by atoms with Crippen LogP contribution in [0.1, 0.15) is 55.4 Å². The summed E-state index contributed by atoms with van der Waals surface area (Å²) >= 11 is 12.6. The molecule has 7 nitrogen and oxygen atoms in total. The highest BCUT2D eigenvalue weighted by Crippen LogP contribution is 2.28. The van der Waals surface area contributed by atoms with Crippen LogP contribution in [0, 0.1) is 20.8 Å². The molecule has 0 saturated carbocycles. The Morgan fingerprint density at radius 1 is 0.905 bits per heavy atom. The van der Waals surface area contributed by atoms with E-state index in [1.165, 1.54) is 17.0 Å². The molecule has 3 aromatic carbocycles. The molecule has 0 heterocycles. The average Bonchev–Trinajstić information content (AvgIpc) is 2.94. The summed E-state index contributed by atoms with van der Waals surface area (Å²) < 4.78 is 29.2. The number of rotatable bonds is 13. The molecule has 0 bridgehead atoms. The normalized spacial score (nSPS) is 12.1. The molecule has 226 valence electrons. The molecule has 10 heteroatoms. The van der Waals surface area contributed by atoms with Gasteiger partial charge in [-0.15, -0.1) is 0 Å². The summed E-state index contributed by atoms with van der Waals surface area (Å²) in [6, 6.07) is 15.9. The maximum Gasteiger partial charge on any atom is 0.264 e. The number of amides is 2. The Morgan fingerprint density at radius 3 is 2.19 bits per heavy atom. The van der Waals surface area contributed by atoms with Gasteiger partial charge in [0.2, 0.25) is 11.8 Å². The van der Waals surface area contributed by atoms with Crippen molar-refractivity contribution in [3.05, 3.63) is 93.0 Å². The van der Waals surface area contributed by atoms with Gasteiger partial charge in [0.05, 0.1) is 10.6 Å². The number of hydrogen-bond acceptors (Lipinski definition) is 4. The number of sulfonamides is 1. The van der Waals surface area contributed by atoms with Gasteiger partial charge >= 0.3 is 0 Å². The smallest absolute Gasteiger partial charge is 0.264 e. The van der Waals surface area contributed by atoms with Crippen LogP contribution in [0.4, 0.5) is 5.69 Å². The van der Waals surface area contributed by atoms with Crippen LogP contribution in [0.5, 0.6) is 0 Å². The van der Waals surface area contributed by atoms with E-state index in [1.807, 2.05) is 40.7 Å². The van der Waals surface area contributed by atoms with Crippen LogP contribution in [-0.2, 0) is 26.2 Å². The molecule has 42 heavy (non-hydrogen) atoms. The molecule has 0 unspecified atom stereocenters. The molecular formula is C32H39Cl2N3O4S. The summed E-state index contributed by atoms with van der Waals surface area (Å²) in [6.45, 7) is 9.51. The molecule has 1 atom stereocenters. The van der Waals surface area contributed by atoms with Crippen LogP contribution < -0.4 is 9.62 Å². The number of hydrogen-bond donors (Lipinski definition) is 1. The predicted molar refractivity (Wildman–Crippen MR) is 171 cm³/mol. The standard InChI is InChI=1S/C32H39Cl2N3O4S/c1-6-8-17-35-32(39)30(7-2)36(20-25-12-13-26(33)19-29(25)34)31(38)21-37(27-14-11-23(4)24(5)18-27)42(40,41)28-15-9-22(3)10-16-28/h9-16,18-19,30H,6-8,17,20-21H2,1-5H3,(H,35,39)/t30-/m1/s1. The maximum atomic E-state index is 14.2. The van der Waals surface area contributed by atoms with Crippen LogP contribution >= 0.6 is 23.2 Å². The SMILES string of the molecule is CCCCNC(=O)[C@@H](CC)N(Cc1ccc(Cl)cc1Cl)C(=O)CN(c1ccc(C)c(C)c1)S(=O)(=O)c1ccc(C)cc1. The minimum Gasteiger partial charge on any atom is -0.354 e. The summed E-state index contributed by atoms with van der Waals surface area (Å²) in [5.41, 5.74) is 3.74. The van der Waals surface area contributed by atoms with Crippen molar-refractivity contribution < 1.29 is 18.0 Å². The predicted octanol–water partition coefficient (Wildman–Crippen LogP) is 6.84. The lowest BCUT2D eigenvalue weighted by Gasteiger charge is -2.33. The molecule has 2 amide bonds.